The molecule has 4 aliphatic rings. The first-order valence-corrected chi connectivity index (χ1v) is 9.42. The average molecular weight is 386 g/mol. The summed E-state index contributed by atoms with van der Waals surface area (Å²) in [4.78, 5) is 12.6. The number of carbonyl (C=O) groups is 1. The van der Waals surface area contributed by atoms with Crippen LogP contribution in [0, 0.1) is 17.8 Å². The molecule has 7 heteroatoms. The molecule has 2 aliphatic carbocycles. The van der Waals surface area contributed by atoms with E-state index in [1.165, 1.54) is 14.2 Å². The van der Waals surface area contributed by atoms with Gasteiger partial charge in [0.2, 0.25) is 6.79 Å². The van der Waals surface area contributed by atoms with Crippen LogP contribution in [0.25, 0.3) is 0 Å². The van der Waals surface area contributed by atoms with Crippen LogP contribution in [-0.4, -0.2) is 38.7 Å². The number of fused-ring (bicyclic) bond motifs is 3. The van der Waals surface area contributed by atoms with E-state index in [9.17, 15) is 9.90 Å². The van der Waals surface area contributed by atoms with Crippen molar-refractivity contribution in [2.24, 2.45) is 17.8 Å². The summed E-state index contributed by atoms with van der Waals surface area (Å²) in [5, 5.41) is 10.3. The molecule has 2 heterocycles. The fraction of sp³-hybridized carbons (Fsp3) is 0.476. The van der Waals surface area contributed by atoms with Gasteiger partial charge in [0.25, 0.3) is 0 Å². The van der Waals surface area contributed by atoms with Crippen molar-refractivity contribution in [2.75, 3.05) is 27.6 Å². The number of hydrogen-bond acceptors (Lipinski definition) is 7. The zero-order valence-electron chi connectivity index (χ0n) is 15.8. The summed E-state index contributed by atoms with van der Waals surface area (Å²) in [6, 6.07) is 4.02. The van der Waals surface area contributed by atoms with E-state index in [1.807, 2.05) is 18.2 Å². The van der Waals surface area contributed by atoms with Crippen LogP contribution < -0.4 is 9.47 Å². The molecular formula is C21H22O7. The van der Waals surface area contributed by atoms with Gasteiger partial charge in [-0.3, -0.25) is 4.79 Å². The standard InChI is InChI=1S/C21H22O7/c1-24-16-5-11(6-17(25-2)20(16)22)18-13-7-15-14(27-9-28-15)4-10(13)3-12-8-26-21(23)19(12)18/h4-5,7,11-12,18-19,22H,3,6,8-9H2,1-2H3/t11?,12-,18+,19-/m0/s1. The van der Waals surface area contributed by atoms with E-state index in [0.29, 0.717) is 30.3 Å². The lowest BCUT2D eigenvalue weighted by Crippen LogP contribution is -2.35. The molecule has 2 aliphatic heterocycles. The van der Waals surface area contributed by atoms with Crippen LogP contribution in [0.1, 0.15) is 23.5 Å². The van der Waals surface area contributed by atoms with Gasteiger partial charge in [-0.25, -0.2) is 0 Å². The van der Waals surface area contributed by atoms with Crippen LogP contribution in [0.15, 0.2) is 35.5 Å². The highest BCUT2D eigenvalue weighted by Gasteiger charge is 2.50. The molecule has 28 heavy (non-hydrogen) atoms. The molecule has 148 valence electrons. The molecule has 1 saturated heterocycles. The number of benzene rings is 1. The number of cyclic esters (lactones) is 1. The van der Waals surface area contributed by atoms with Gasteiger partial charge in [-0.1, -0.05) is 0 Å². The van der Waals surface area contributed by atoms with Crippen LogP contribution >= 0.6 is 0 Å². The number of ether oxygens (including phenoxy) is 5. The number of rotatable bonds is 3. The summed E-state index contributed by atoms with van der Waals surface area (Å²) in [6.45, 7) is 0.638. The van der Waals surface area contributed by atoms with E-state index in [1.54, 1.807) is 0 Å². The summed E-state index contributed by atoms with van der Waals surface area (Å²) in [6.07, 6.45) is 3.14. The minimum atomic E-state index is -0.245. The number of carbonyl (C=O) groups excluding carboxylic acids is 1. The number of allylic oxidation sites excluding steroid dienone is 2. The first kappa shape index (κ1) is 17.3. The van der Waals surface area contributed by atoms with Gasteiger partial charge in [-0.2, -0.15) is 0 Å². The van der Waals surface area contributed by atoms with Gasteiger partial charge < -0.3 is 28.8 Å². The molecule has 0 bridgehead atoms. The van der Waals surface area contributed by atoms with Crippen LogP contribution in [-0.2, 0) is 25.4 Å². The van der Waals surface area contributed by atoms with Crippen molar-refractivity contribution in [2.45, 2.75) is 18.8 Å². The molecule has 0 radical (unpaired) electrons. The molecule has 0 spiro atoms. The number of esters is 1. The second kappa shape index (κ2) is 6.36. The Morgan fingerprint density at radius 1 is 1.04 bits per heavy atom. The summed E-state index contributed by atoms with van der Waals surface area (Å²) < 4.78 is 27.3. The molecule has 1 aromatic rings. The molecule has 5 rings (SSSR count). The van der Waals surface area contributed by atoms with Crippen LogP contribution in [0.4, 0.5) is 0 Å². The van der Waals surface area contributed by atoms with E-state index < -0.39 is 0 Å². The first-order valence-electron chi connectivity index (χ1n) is 9.42. The molecule has 0 amide bonds. The largest absolute Gasteiger partial charge is 0.502 e. The Morgan fingerprint density at radius 3 is 2.57 bits per heavy atom. The maximum atomic E-state index is 12.6. The Morgan fingerprint density at radius 2 is 1.82 bits per heavy atom. The molecule has 1 fully saturated rings. The molecule has 1 aromatic carbocycles. The molecule has 0 aromatic heterocycles. The highest BCUT2D eigenvalue weighted by molar-refractivity contribution is 5.77. The normalized spacial score (nSPS) is 30.4. The highest BCUT2D eigenvalue weighted by atomic mass is 16.7. The third-order valence-electron chi connectivity index (χ3n) is 6.29. The predicted octanol–water partition coefficient (Wildman–Crippen LogP) is 2.81. The van der Waals surface area contributed by atoms with Gasteiger partial charge in [0, 0.05) is 18.3 Å². The van der Waals surface area contributed by atoms with E-state index in [2.05, 4.69) is 0 Å². The average Bonchev–Trinajstić information content (AvgIpc) is 3.31. The lowest BCUT2D eigenvalue weighted by atomic mass is 9.64. The molecule has 1 unspecified atom stereocenters. The number of aliphatic hydroxyl groups excluding tert-OH is 1. The Kier molecular flexibility index (Phi) is 3.92. The minimum absolute atomic E-state index is 0.00789. The Bertz CT molecular complexity index is 900. The number of methoxy groups -OCH3 is 2. The maximum Gasteiger partial charge on any atom is 0.310 e. The topological polar surface area (TPSA) is 83.5 Å². The number of hydrogen-bond donors (Lipinski definition) is 1. The molecule has 0 saturated carbocycles. The van der Waals surface area contributed by atoms with Gasteiger partial charge in [0.15, 0.2) is 23.0 Å². The molecular weight excluding hydrogens is 364 g/mol. The van der Waals surface area contributed by atoms with Gasteiger partial charge in [-0.05, 0) is 41.7 Å². The fourth-order valence-corrected chi connectivity index (χ4v) is 5.02. The lowest BCUT2D eigenvalue weighted by Gasteiger charge is -2.38. The van der Waals surface area contributed by atoms with Crippen molar-refractivity contribution in [3.05, 3.63) is 46.6 Å². The van der Waals surface area contributed by atoms with Gasteiger partial charge in [0.1, 0.15) is 5.76 Å². The summed E-state index contributed by atoms with van der Waals surface area (Å²) in [5.41, 5.74) is 2.22. The van der Waals surface area contributed by atoms with Crippen molar-refractivity contribution in [1.82, 2.24) is 0 Å². The predicted molar refractivity (Wildman–Crippen MR) is 96.8 cm³/mol. The van der Waals surface area contributed by atoms with Gasteiger partial charge in [-0.15, -0.1) is 0 Å². The number of aliphatic hydroxyl groups is 1. The SMILES string of the molecule is COC1=CC([C@@H]2c3cc4c(cc3C[C@H]3COC(=O)[C@@H]32)OCO4)CC(OC)=C1O. The summed E-state index contributed by atoms with van der Waals surface area (Å²) in [5.74, 6) is 1.78. The Balaban J connectivity index is 1.63. The zero-order valence-corrected chi connectivity index (χ0v) is 15.8. The molecule has 4 atom stereocenters. The molecule has 1 N–H and O–H groups in total. The van der Waals surface area contributed by atoms with E-state index >= 15 is 0 Å². The lowest BCUT2D eigenvalue weighted by molar-refractivity contribution is -0.142. The van der Waals surface area contributed by atoms with Gasteiger partial charge in [0.05, 0.1) is 26.7 Å². The smallest absolute Gasteiger partial charge is 0.310 e. The van der Waals surface area contributed by atoms with E-state index in [4.69, 9.17) is 23.7 Å². The first-order chi connectivity index (χ1) is 13.6. The van der Waals surface area contributed by atoms with Crippen LogP contribution in [0.2, 0.25) is 0 Å². The third-order valence-corrected chi connectivity index (χ3v) is 6.29. The maximum absolute atomic E-state index is 12.6. The van der Waals surface area contributed by atoms with Crippen molar-refractivity contribution >= 4 is 5.97 Å². The van der Waals surface area contributed by atoms with E-state index in [0.717, 1.165) is 23.3 Å². The highest BCUT2D eigenvalue weighted by Crippen LogP contribution is 2.52. The Labute approximate surface area is 162 Å². The van der Waals surface area contributed by atoms with Crippen molar-refractivity contribution < 1.29 is 33.6 Å². The minimum Gasteiger partial charge on any atom is -0.502 e. The van der Waals surface area contributed by atoms with Crippen LogP contribution in [0.3, 0.4) is 0 Å². The fourth-order valence-electron chi connectivity index (χ4n) is 5.02. The van der Waals surface area contributed by atoms with Gasteiger partial charge >= 0.3 is 5.97 Å². The molecule has 7 nitrogen and oxygen atoms in total. The summed E-state index contributed by atoms with van der Waals surface area (Å²) >= 11 is 0. The van der Waals surface area contributed by atoms with E-state index in [-0.39, 0.29) is 42.2 Å². The Hall–Kier alpha value is -2.83. The second-order valence-corrected chi connectivity index (χ2v) is 7.63. The summed E-state index contributed by atoms with van der Waals surface area (Å²) in [7, 11) is 3.04. The third kappa shape index (κ3) is 2.45. The van der Waals surface area contributed by atoms with Crippen molar-refractivity contribution in [3.8, 4) is 11.5 Å². The quantitative estimate of drug-likeness (QED) is 0.800. The monoisotopic (exact) mass is 386 g/mol. The zero-order chi connectivity index (χ0) is 19.4. The van der Waals surface area contributed by atoms with Crippen LogP contribution in [0.5, 0.6) is 11.5 Å². The van der Waals surface area contributed by atoms with Crippen molar-refractivity contribution in [1.29, 1.82) is 0 Å². The van der Waals surface area contributed by atoms with Crippen molar-refractivity contribution in [3.63, 3.8) is 0 Å². The second-order valence-electron chi connectivity index (χ2n) is 7.63.